The van der Waals surface area contributed by atoms with Crippen LogP contribution in [0.2, 0.25) is 0 Å². The fourth-order valence-corrected chi connectivity index (χ4v) is 2.07. The van der Waals surface area contributed by atoms with E-state index in [-0.39, 0.29) is 11.3 Å². The van der Waals surface area contributed by atoms with Crippen LogP contribution in [0.1, 0.15) is 34.3 Å². The lowest BCUT2D eigenvalue weighted by Crippen LogP contribution is -2.08. The Morgan fingerprint density at radius 2 is 2.00 bits per heavy atom. The van der Waals surface area contributed by atoms with E-state index in [0.29, 0.717) is 5.56 Å². The third kappa shape index (κ3) is 4.52. The van der Waals surface area contributed by atoms with Crippen LogP contribution in [0.25, 0.3) is 0 Å². The maximum absolute atomic E-state index is 13.5. The average molecular weight is 309 g/mol. The van der Waals surface area contributed by atoms with Crippen molar-refractivity contribution in [2.24, 2.45) is 0 Å². The first kappa shape index (κ1) is 16.4. The minimum absolute atomic E-state index is 0.0709. The zero-order valence-electron chi connectivity index (χ0n) is 12.6. The molecule has 0 spiro atoms. The van der Waals surface area contributed by atoms with Crippen molar-refractivity contribution in [2.45, 2.75) is 19.3 Å². The second-order valence-corrected chi connectivity index (χ2v) is 5.02. The lowest BCUT2D eigenvalue weighted by atomic mass is 10.1. The fourth-order valence-electron chi connectivity index (χ4n) is 2.07. The predicted octanol–water partition coefficient (Wildman–Crippen LogP) is 4.43. The molecule has 23 heavy (non-hydrogen) atoms. The molecule has 0 heterocycles. The van der Waals surface area contributed by atoms with Crippen molar-refractivity contribution in [1.29, 1.82) is 5.26 Å². The van der Waals surface area contributed by atoms with Gasteiger partial charge in [0.25, 0.3) is 0 Å². The van der Waals surface area contributed by atoms with Crippen LogP contribution < -0.4 is 4.74 Å². The maximum atomic E-state index is 13.5. The molecule has 3 nitrogen and oxygen atoms in total. The number of esters is 1. The highest BCUT2D eigenvalue weighted by Gasteiger charge is 2.10. The molecular weight excluding hydrogens is 293 g/mol. The summed E-state index contributed by atoms with van der Waals surface area (Å²) in [7, 11) is 0. The summed E-state index contributed by atoms with van der Waals surface area (Å²) in [6.45, 7) is 3.68. The third-order valence-corrected chi connectivity index (χ3v) is 3.33. The Labute approximate surface area is 134 Å². The van der Waals surface area contributed by atoms with E-state index in [9.17, 15) is 9.18 Å². The molecule has 0 aliphatic carbocycles. The van der Waals surface area contributed by atoms with Gasteiger partial charge in [0.15, 0.2) is 0 Å². The number of nitriles is 1. The number of carbonyl (C=O) groups is 1. The van der Waals surface area contributed by atoms with Crippen molar-refractivity contribution in [3.05, 3.63) is 77.6 Å². The van der Waals surface area contributed by atoms with Crippen LogP contribution in [0, 0.1) is 17.1 Å². The molecule has 2 rings (SSSR count). The van der Waals surface area contributed by atoms with Crippen molar-refractivity contribution in [3.63, 3.8) is 0 Å². The average Bonchev–Trinajstić information content (AvgIpc) is 2.56. The SMILES string of the molecule is C=CCCCc1ccc(C(=O)Oc2ccc(C#N)c(F)c2)cc1. The first-order chi connectivity index (χ1) is 11.1. The van der Waals surface area contributed by atoms with E-state index in [1.54, 1.807) is 18.2 Å². The van der Waals surface area contributed by atoms with Crippen LogP contribution in [-0.4, -0.2) is 5.97 Å². The van der Waals surface area contributed by atoms with Gasteiger partial charge in [-0.25, -0.2) is 9.18 Å². The summed E-state index contributed by atoms with van der Waals surface area (Å²) >= 11 is 0. The smallest absolute Gasteiger partial charge is 0.343 e. The zero-order chi connectivity index (χ0) is 16.7. The van der Waals surface area contributed by atoms with Crippen molar-refractivity contribution < 1.29 is 13.9 Å². The highest BCUT2D eigenvalue weighted by molar-refractivity contribution is 5.91. The molecule has 0 aliphatic rings. The summed E-state index contributed by atoms with van der Waals surface area (Å²) < 4.78 is 18.6. The summed E-state index contributed by atoms with van der Waals surface area (Å²) in [4.78, 5) is 12.0. The lowest BCUT2D eigenvalue weighted by molar-refractivity contribution is 0.0734. The Morgan fingerprint density at radius 3 is 2.61 bits per heavy atom. The summed E-state index contributed by atoms with van der Waals surface area (Å²) in [6.07, 6.45) is 4.76. The molecule has 116 valence electrons. The fraction of sp³-hybridized carbons (Fsp3) is 0.158. The lowest BCUT2D eigenvalue weighted by Gasteiger charge is -2.06. The minimum Gasteiger partial charge on any atom is -0.423 e. The molecule has 4 heteroatoms. The van der Waals surface area contributed by atoms with E-state index < -0.39 is 11.8 Å². The van der Waals surface area contributed by atoms with Crippen LogP contribution in [0.3, 0.4) is 0 Å². The molecule has 0 fully saturated rings. The van der Waals surface area contributed by atoms with Crippen molar-refractivity contribution in [1.82, 2.24) is 0 Å². The number of ether oxygens (including phenoxy) is 1. The first-order valence-corrected chi connectivity index (χ1v) is 7.25. The second kappa shape index (κ2) is 7.90. The number of unbranched alkanes of at least 4 members (excludes halogenated alkanes) is 1. The highest BCUT2D eigenvalue weighted by atomic mass is 19.1. The monoisotopic (exact) mass is 309 g/mol. The van der Waals surface area contributed by atoms with E-state index in [0.717, 1.165) is 30.9 Å². The molecule has 0 bridgehead atoms. The number of aryl methyl sites for hydroxylation is 1. The van der Waals surface area contributed by atoms with Crippen molar-refractivity contribution in [3.8, 4) is 11.8 Å². The number of rotatable bonds is 6. The van der Waals surface area contributed by atoms with Gasteiger partial charge in [0.05, 0.1) is 11.1 Å². The largest absolute Gasteiger partial charge is 0.423 e. The summed E-state index contributed by atoms with van der Waals surface area (Å²) in [5.41, 5.74) is 1.43. The Morgan fingerprint density at radius 1 is 1.26 bits per heavy atom. The van der Waals surface area contributed by atoms with Crippen LogP contribution in [0.5, 0.6) is 5.75 Å². The van der Waals surface area contributed by atoms with Crippen molar-refractivity contribution >= 4 is 5.97 Å². The molecule has 0 aromatic heterocycles. The Hall–Kier alpha value is -2.93. The number of halogens is 1. The van der Waals surface area contributed by atoms with Gasteiger partial charge in [-0.1, -0.05) is 18.2 Å². The topological polar surface area (TPSA) is 50.1 Å². The molecular formula is C19H16FNO2. The molecule has 0 saturated heterocycles. The van der Waals surface area contributed by atoms with E-state index in [1.165, 1.54) is 12.1 Å². The minimum atomic E-state index is -0.713. The standard InChI is InChI=1S/C19H16FNO2/c1-2-3-4-5-14-6-8-15(9-7-14)19(22)23-17-11-10-16(13-21)18(20)12-17/h2,6-12H,1,3-5H2. The normalized spacial score (nSPS) is 9.91. The van der Waals surface area contributed by atoms with Gasteiger partial charge in [-0.15, -0.1) is 6.58 Å². The molecule has 0 N–H and O–H groups in total. The first-order valence-electron chi connectivity index (χ1n) is 7.25. The molecule has 0 aliphatic heterocycles. The Balaban J connectivity index is 2.02. The van der Waals surface area contributed by atoms with Crippen LogP contribution in [0.15, 0.2) is 55.1 Å². The second-order valence-electron chi connectivity index (χ2n) is 5.02. The van der Waals surface area contributed by atoms with Gasteiger partial charge in [-0.3, -0.25) is 0 Å². The number of benzene rings is 2. The van der Waals surface area contributed by atoms with Crippen LogP contribution in [-0.2, 0) is 6.42 Å². The zero-order valence-corrected chi connectivity index (χ0v) is 12.6. The molecule has 2 aromatic rings. The van der Waals surface area contributed by atoms with Gasteiger partial charge in [0.1, 0.15) is 17.6 Å². The van der Waals surface area contributed by atoms with Crippen LogP contribution in [0.4, 0.5) is 4.39 Å². The van der Waals surface area contributed by atoms with Gasteiger partial charge in [-0.2, -0.15) is 5.26 Å². The molecule has 0 amide bonds. The third-order valence-electron chi connectivity index (χ3n) is 3.33. The Kier molecular flexibility index (Phi) is 5.65. The molecule has 0 unspecified atom stereocenters. The van der Waals surface area contributed by atoms with Gasteiger partial charge in [0.2, 0.25) is 0 Å². The van der Waals surface area contributed by atoms with Crippen LogP contribution >= 0.6 is 0 Å². The van der Waals surface area contributed by atoms with Gasteiger partial charge >= 0.3 is 5.97 Å². The number of carbonyl (C=O) groups excluding carboxylic acids is 1. The predicted molar refractivity (Wildman–Crippen MR) is 85.7 cm³/mol. The molecule has 2 aromatic carbocycles. The maximum Gasteiger partial charge on any atom is 0.343 e. The quantitative estimate of drug-likeness (QED) is 0.343. The van der Waals surface area contributed by atoms with Gasteiger partial charge in [0, 0.05) is 6.07 Å². The van der Waals surface area contributed by atoms with Crippen molar-refractivity contribution in [2.75, 3.05) is 0 Å². The number of nitrogens with zero attached hydrogens (tertiary/aromatic N) is 1. The van der Waals surface area contributed by atoms with Gasteiger partial charge < -0.3 is 4.74 Å². The summed E-state index contributed by atoms with van der Waals surface area (Å²) in [6, 6.07) is 12.5. The van der Waals surface area contributed by atoms with Gasteiger partial charge in [-0.05, 0) is 49.1 Å². The molecule has 0 saturated carbocycles. The van der Waals surface area contributed by atoms with E-state index >= 15 is 0 Å². The highest BCUT2D eigenvalue weighted by Crippen LogP contribution is 2.18. The summed E-state index contributed by atoms with van der Waals surface area (Å²) in [5.74, 6) is -1.20. The molecule has 0 atom stereocenters. The van der Waals surface area contributed by atoms with E-state index in [4.69, 9.17) is 10.00 Å². The van der Waals surface area contributed by atoms with E-state index in [2.05, 4.69) is 6.58 Å². The molecule has 0 radical (unpaired) electrons. The Bertz CT molecular complexity index is 745. The van der Waals surface area contributed by atoms with E-state index in [1.807, 2.05) is 18.2 Å². The number of hydrogen-bond acceptors (Lipinski definition) is 3. The number of hydrogen-bond donors (Lipinski definition) is 0. The summed E-state index contributed by atoms with van der Waals surface area (Å²) in [5, 5.41) is 8.67. The number of allylic oxidation sites excluding steroid dienone is 1.